The largest absolute Gasteiger partial charge is 0.416 e. The summed E-state index contributed by atoms with van der Waals surface area (Å²) in [5.41, 5.74) is -0.603. The second-order valence-electron chi connectivity index (χ2n) is 5.16. The number of halogens is 3. The van der Waals surface area contributed by atoms with Gasteiger partial charge < -0.3 is 5.11 Å². The van der Waals surface area contributed by atoms with Crippen molar-refractivity contribution in [1.82, 2.24) is 4.72 Å². The van der Waals surface area contributed by atoms with Crippen molar-refractivity contribution < 1.29 is 26.7 Å². The zero-order chi connectivity index (χ0) is 16.3. The predicted octanol–water partition coefficient (Wildman–Crippen LogP) is 2.31. The summed E-state index contributed by atoms with van der Waals surface area (Å²) in [5, 5.41) is 9.80. The van der Waals surface area contributed by atoms with Gasteiger partial charge in [0.05, 0.1) is 17.4 Å². The highest BCUT2D eigenvalue weighted by Crippen LogP contribution is 2.29. The van der Waals surface area contributed by atoms with Gasteiger partial charge in [-0.25, -0.2) is 13.1 Å². The van der Waals surface area contributed by atoms with E-state index in [0.717, 1.165) is 24.3 Å². The van der Waals surface area contributed by atoms with E-state index in [-0.39, 0.29) is 23.8 Å². The molecule has 0 radical (unpaired) electrons. The van der Waals surface area contributed by atoms with E-state index in [1.54, 1.807) is 13.8 Å². The summed E-state index contributed by atoms with van der Waals surface area (Å²) < 4.78 is 62.6. The van der Waals surface area contributed by atoms with Gasteiger partial charge in [-0.2, -0.15) is 13.2 Å². The first-order valence-electron chi connectivity index (χ1n) is 6.34. The molecule has 0 saturated heterocycles. The van der Waals surface area contributed by atoms with Crippen molar-refractivity contribution in [2.45, 2.75) is 26.1 Å². The van der Waals surface area contributed by atoms with Crippen LogP contribution in [0.25, 0.3) is 0 Å². The standard InChI is InChI=1S/C13H18F3NO3S/c1-9(2)8-21(19,20)17-7-12(18)10-3-5-11(6-4-10)13(14,15)16/h3-6,9,12,17-18H,7-8H2,1-2H3/t12-/m0/s1. The molecule has 0 saturated carbocycles. The third-order valence-corrected chi connectivity index (χ3v) is 4.38. The van der Waals surface area contributed by atoms with Crippen LogP contribution < -0.4 is 4.72 Å². The topological polar surface area (TPSA) is 66.4 Å². The summed E-state index contributed by atoms with van der Waals surface area (Å²) >= 11 is 0. The van der Waals surface area contributed by atoms with E-state index < -0.39 is 27.9 Å². The lowest BCUT2D eigenvalue weighted by molar-refractivity contribution is -0.137. The summed E-state index contributed by atoms with van der Waals surface area (Å²) in [6, 6.07) is 3.96. The highest BCUT2D eigenvalue weighted by Gasteiger charge is 2.30. The van der Waals surface area contributed by atoms with Crippen LogP contribution >= 0.6 is 0 Å². The van der Waals surface area contributed by atoms with Gasteiger partial charge >= 0.3 is 6.18 Å². The van der Waals surface area contributed by atoms with Crippen LogP contribution in [-0.2, 0) is 16.2 Å². The minimum atomic E-state index is -4.44. The Labute approximate surface area is 122 Å². The zero-order valence-corrected chi connectivity index (χ0v) is 12.5. The summed E-state index contributed by atoms with van der Waals surface area (Å²) in [4.78, 5) is 0. The molecule has 0 aromatic heterocycles. The van der Waals surface area contributed by atoms with Crippen molar-refractivity contribution >= 4 is 10.0 Å². The van der Waals surface area contributed by atoms with E-state index in [1.807, 2.05) is 0 Å². The third-order valence-electron chi connectivity index (χ3n) is 2.67. The van der Waals surface area contributed by atoms with Crippen LogP contribution in [-0.4, -0.2) is 25.8 Å². The Hall–Kier alpha value is -1.12. The van der Waals surface area contributed by atoms with Crippen molar-refractivity contribution in [3.05, 3.63) is 35.4 Å². The zero-order valence-electron chi connectivity index (χ0n) is 11.7. The van der Waals surface area contributed by atoms with Gasteiger partial charge in [0.2, 0.25) is 10.0 Å². The molecular formula is C13H18F3NO3S. The van der Waals surface area contributed by atoms with Gasteiger partial charge in [-0.1, -0.05) is 26.0 Å². The van der Waals surface area contributed by atoms with Crippen LogP contribution in [0.2, 0.25) is 0 Å². The smallest absolute Gasteiger partial charge is 0.387 e. The molecule has 8 heteroatoms. The van der Waals surface area contributed by atoms with E-state index >= 15 is 0 Å². The van der Waals surface area contributed by atoms with Gasteiger partial charge in [0, 0.05) is 6.54 Å². The molecule has 0 aliphatic heterocycles. The number of benzene rings is 1. The molecule has 0 bridgehead atoms. The molecule has 0 heterocycles. The molecule has 0 spiro atoms. The molecule has 1 rings (SSSR count). The average molecular weight is 325 g/mol. The number of aliphatic hydroxyl groups is 1. The van der Waals surface area contributed by atoms with Gasteiger partial charge in [0.25, 0.3) is 0 Å². The quantitative estimate of drug-likeness (QED) is 0.843. The lowest BCUT2D eigenvalue weighted by atomic mass is 10.1. The molecule has 4 nitrogen and oxygen atoms in total. The number of hydrogen-bond acceptors (Lipinski definition) is 3. The molecule has 0 amide bonds. The Bertz CT molecular complexity index is 553. The van der Waals surface area contributed by atoms with Gasteiger partial charge in [-0.15, -0.1) is 0 Å². The molecular weight excluding hydrogens is 307 g/mol. The maximum absolute atomic E-state index is 12.4. The Kier molecular flexibility index (Phi) is 5.77. The molecule has 2 N–H and O–H groups in total. The maximum Gasteiger partial charge on any atom is 0.416 e. The van der Waals surface area contributed by atoms with Crippen LogP contribution in [0.5, 0.6) is 0 Å². The van der Waals surface area contributed by atoms with Gasteiger partial charge in [0.1, 0.15) is 0 Å². The van der Waals surface area contributed by atoms with E-state index in [2.05, 4.69) is 4.72 Å². The first kappa shape index (κ1) is 17.9. The predicted molar refractivity (Wildman–Crippen MR) is 73.0 cm³/mol. The summed E-state index contributed by atoms with van der Waals surface area (Å²) in [6.45, 7) is 3.21. The van der Waals surface area contributed by atoms with Gasteiger partial charge in [-0.05, 0) is 23.6 Å². The minimum absolute atomic E-state index is 0.0642. The van der Waals surface area contributed by atoms with Crippen LogP contribution in [0.3, 0.4) is 0 Å². The molecule has 0 aliphatic carbocycles. The SMILES string of the molecule is CC(C)CS(=O)(=O)NC[C@H](O)c1ccc(C(F)(F)F)cc1. The van der Waals surface area contributed by atoms with Crippen LogP contribution in [0.1, 0.15) is 31.1 Å². The molecule has 1 aromatic carbocycles. The lowest BCUT2D eigenvalue weighted by Gasteiger charge is -2.14. The van der Waals surface area contributed by atoms with Crippen molar-refractivity contribution in [3.8, 4) is 0 Å². The van der Waals surface area contributed by atoms with Crippen molar-refractivity contribution in [2.24, 2.45) is 5.92 Å². The Morgan fingerprint density at radius 3 is 2.14 bits per heavy atom. The van der Waals surface area contributed by atoms with Gasteiger partial charge in [0.15, 0.2) is 0 Å². The maximum atomic E-state index is 12.4. The number of rotatable bonds is 6. The minimum Gasteiger partial charge on any atom is -0.387 e. The normalized spacial score (nSPS) is 14.4. The molecule has 21 heavy (non-hydrogen) atoms. The van der Waals surface area contributed by atoms with E-state index in [0.29, 0.717) is 0 Å². The summed E-state index contributed by atoms with van der Waals surface area (Å²) in [5.74, 6) is -0.141. The van der Waals surface area contributed by atoms with Crippen molar-refractivity contribution in [2.75, 3.05) is 12.3 Å². The second-order valence-corrected chi connectivity index (χ2v) is 7.01. The Balaban J connectivity index is 2.66. The van der Waals surface area contributed by atoms with Crippen molar-refractivity contribution in [3.63, 3.8) is 0 Å². The molecule has 0 fully saturated rings. The molecule has 0 aliphatic rings. The fourth-order valence-electron chi connectivity index (χ4n) is 1.72. The van der Waals surface area contributed by atoms with Crippen molar-refractivity contribution in [1.29, 1.82) is 0 Å². The van der Waals surface area contributed by atoms with Gasteiger partial charge in [-0.3, -0.25) is 0 Å². The average Bonchev–Trinajstić information content (AvgIpc) is 2.33. The summed E-state index contributed by atoms with van der Waals surface area (Å²) in [6.07, 6.45) is -5.64. The Morgan fingerprint density at radius 2 is 1.71 bits per heavy atom. The number of aliphatic hydroxyl groups excluding tert-OH is 1. The number of hydrogen-bond donors (Lipinski definition) is 2. The number of nitrogens with one attached hydrogen (secondary N) is 1. The highest BCUT2D eigenvalue weighted by molar-refractivity contribution is 7.89. The first-order chi connectivity index (χ1) is 9.51. The molecule has 0 unspecified atom stereocenters. The van der Waals surface area contributed by atoms with E-state index in [1.165, 1.54) is 0 Å². The fraction of sp³-hybridized carbons (Fsp3) is 0.538. The number of sulfonamides is 1. The van der Waals surface area contributed by atoms with E-state index in [9.17, 15) is 26.7 Å². The van der Waals surface area contributed by atoms with Crippen LogP contribution in [0.4, 0.5) is 13.2 Å². The summed E-state index contributed by atoms with van der Waals surface area (Å²) in [7, 11) is -3.51. The fourth-order valence-corrected chi connectivity index (χ4v) is 3.12. The Morgan fingerprint density at radius 1 is 1.19 bits per heavy atom. The van der Waals surface area contributed by atoms with Crippen LogP contribution in [0, 0.1) is 5.92 Å². The molecule has 120 valence electrons. The van der Waals surface area contributed by atoms with E-state index in [4.69, 9.17) is 0 Å². The third kappa shape index (κ3) is 6.03. The molecule has 1 atom stereocenters. The lowest BCUT2D eigenvalue weighted by Crippen LogP contribution is -2.32. The highest BCUT2D eigenvalue weighted by atomic mass is 32.2. The monoisotopic (exact) mass is 325 g/mol. The first-order valence-corrected chi connectivity index (χ1v) is 7.99. The second kappa shape index (κ2) is 6.76. The number of alkyl halides is 3. The molecule has 1 aromatic rings. The van der Waals surface area contributed by atoms with Crippen LogP contribution in [0.15, 0.2) is 24.3 Å².